The van der Waals surface area contributed by atoms with Crippen LogP contribution in [0.5, 0.6) is 0 Å². The van der Waals surface area contributed by atoms with E-state index in [1.165, 1.54) is 0 Å². The van der Waals surface area contributed by atoms with Gasteiger partial charge in [0, 0.05) is 11.2 Å². The van der Waals surface area contributed by atoms with Gasteiger partial charge >= 0.3 is 5.97 Å². The van der Waals surface area contributed by atoms with Crippen molar-refractivity contribution in [1.29, 1.82) is 0 Å². The molecule has 0 spiro atoms. The van der Waals surface area contributed by atoms with Crippen molar-refractivity contribution in [3.05, 3.63) is 35.4 Å². The van der Waals surface area contributed by atoms with Crippen LogP contribution in [0.2, 0.25) is 0 Å². The zero-order valence-corrected chi connectivity index (χ0v) is 7.98. The molecule has 0 bridgehead atoms. The summed E-state index contributed by atoms with van der Waals surface area (Å²) in [6, 6.07) is 3.52. The van der Waals surface area contributed by atoms with Crippen molar-refractivity contribution in [3.63, 3.8) is 0 Å². The first-order valence-corrected chi connectivity index (χ1v) is 4.27. The number of rotatable bonds is 1. The van der Waals surface area contributed by atoms with Crippen LogP contribution in [0.3, 0.4) is 0 Å². The largest absolute Gasteiger partial charge is 0.477 e. The molecule has 4 nitrogen and oxygen atoms in total. The maximum atomic E-state index is 10.7. The molecule has 0 aromatic carbocycles. The third-order valence-electron chi connectivity index (χ3n) is 2.39. The van der Waals surface area contributed by atoms with Gasteiger partial charge in [0.2, 0.25) is 0 Å². The van der Waals surface area contributed by atoms with Crippen LogP contribution in [0.25, 0.3) is 5.52 Å². The molecule has 4 heteroatoms. The van der Waals surface area contributed by atoms with Crippen LogP contribution < -0.4 is 0 Å². The number of nitrogens with zero attached hydrogens (tertiary/aromatic N) is 2. The van der Waals surface area contributed by atoms with Crippen LogP contribution in [0.15, 0.2) is 18.5 Å². The lowest BCUT2D eigenvalue weighted by Gasteiger charge is -1.98. The molecule has 14 heavy (non-hydrogen) atoms. The van der Waals surface area contributed by atoms with E-state index in [4.69, 9.17) is 5.11 Å². The summed E-state index contributed by atoms with van der Waals surface area (Å²) in [5.74, 6) is -0.996. The molecule has 0 saturated carbocycles. The summed E-state index contributed by atoms with van der Waals surface area (Å²) in [7, 11) is 0. The number of hydrogen-bond donors (Lipinski definition) is 1. The summed E-state index contributed by atoms with van der Waals surface area (Å²) in [5.41, 5.74) is 3.17. The minimum absolute atomic E-state index is 0.0787. The third kappa shape index (κ3) is 1.16. The van der Waals surface area contributed by atoms with E-state index in [1.807, 2.05) is 24.3 Å². The molecule has 2 heterocycles. The Hall–Kier alpha value is -1.84. The third-order valence-corrected chi connectivity index (χ3v) is 2.39. The second-order valence-electron chi connectivity index (χ2n) is 3.29. The minimum Gasteiger partial charge on any atom is -0.477 e. The van der Waals surface area contributed by atoms with Crippen molar-refractivity contribution in [2.24, 2.45) is 0 Å². The predicted octanol–water partition coefficient (Wildman–Crippen LogP) is 1.65. The Morgan fingerprint density at radius 3 is 2.79 bits per heavy atom. The number of aryl methyl sites for hydroxylation is 2. The van der Waals surface area contributed by atoms with Gasteiger partial charge in [0.1, 0.15) is 6.33 Å². The van der Waals surface area contributed by atoms with Crippen molar-refractivity contribution >= 4 is 11.5 Å². The molecule has 0 amide bonds. The van der Waals surface area contributed by atoms with E-state index in [2.05, 4.69) is 4.98 Å². The zero-order valence-electron chi connectivity index (χ0n) is 7.98. The van der Waals surface area contributed by atoms with Crippen molar-refractivity contribution in [2.45, 2.75) is 13.8 Å². The van der Waals surface area contributed by atoms with Crippen LogP contribution in [0.4, 0.5) is 0 Å². The standard InChI is InChI=1S/C10H10N2O2/c1-6-3-8-4-9(10(13)14)11-5-12(8)7(6)2/h3-5H,1-2H3,(H,13,14). The number of carboxylic acid groups (broad SMARTS) is 1. The second-order valence-corrected chi connectivity index (χ2v) is 3.29. The van der Waals surface area contributed by atoms with E-state index in [0.717, 1.165) is 16.8 Å². The normalized spacial score (nSPS) is 10.7. The molecule has 2 rings (SSSR count). The number of carboxylic acids is 1. The molecular weight excluding hydrogens is 180 g/mol. The fourth-order valence-corrected chi connectivity index (χ4v) is 1.46. The summed E-state index contributed by atoms with van der Waals surface area (Å²) < 4.78 is 1.88. The van der Waals surface area contributed by atoms with Gasteiger partial charge in [-0.1, -0.05) is 0 Å². The molecule has 0 aliphatic heterocycles. The molecule has 0 fully saturated rings. The van der Waals surface area contributed by atoms with E-state index in [0.29, 0.717) is 0 Å². The van der Waals surface area contributed by atoms with Gasteiger partial charge in [0.05, 0.1) is 0 Å². The average Bonchev–Trinajstić information content (AvgIpc) is 2.42. The Labute approximate surface area is 80.8 Å². The average molecular weight is 190 g/mol. The van der Waals surface area contributed by atoms with Gasteiger partial charge in [-0.05, 0) is 31.5 Å². The summed E-state index contributed by atoms with van der Waals surface area (Å²) in [6.45, 7) is 3.97. The maximum Gasteiger partial charge on any atom is 0.354 e. The number of fused-ring (bicyclic) bond motifs is 1. The molecule has 0 atom stereocenters. The molecule has 72 valence electrons. The van der Waals surface area contributed by atoms with Crippen molar-refractivity contribution in [3.8, 4) is 0 Å². The van der Waals surface area contributed by atoms with Gasteiger partial charge in [-0.25, -0.2) is 9.78 Å². The highest BCUT2D eigenvalue weighted by Crippen LogP contribution is 2.14. The van der Waals surface area contributed by atoms with Crippen molar-refractivity contribution in [1.82, 2.24) is 9.38 Å². The van der Waals surface area contributed by atoms with Crippen molar-refractivity contribution in [2.75, 3.05) is 0 Å². The molecule has 0 saturated heterocycles. The van der Waals surface area contributed by atoms with E-state index < -0.39 is 5.97 Å². The smallest absolute Gasteiger partial charge is 0.354 e. The fourth-order valence-electron chi connectivity index (χ4n) is 1.46. The predicted molar refractivity (Wildman–Crippen MR) is 51.6 cm³/mol. The first kappa shape index (κ1) is 8.74. The molecule has 0 unspecified atom stereocenters. The lowest BCUT2D eigenvalue weighted by Crippen LogP contribution is -2.01. The monoisotopic (exact) mass is 190 g/mol. The van der Waals surface area contributed by atoms with Crippen LogP contribution in [-0.2, 0) is 0 Å². The number of aromatic carboxylic acids is 1. The van der Waals surface area contributed by atoms with Crippen LogP contribution in [-0.4, -0.2) is 20.5 Å². The molecule has 0 aliphatic carbocycles. The Kier molecular flexibility index (Phi) is 1.77. The van der Waals surface area contributed by atoms with Gasteiger partial charge < -0.3 is 9.51 Å². The van der Waals surface area contributed by atoms with E-state index in [9.17, 15) is 4.79 Å². The van der Waals surface area contributed by atoms with Gasteiger partial charge in [0.15, 0.2) is 5.69 Å². The molecule has 1 N–H and O–H groups in total. The molecule has 2 aromatic rings. The molecule has 2 aromatic heterocycles. The van der Waals surface area contributed by atoms with Crippen LogP contribution >= 0.6 is 0 Å². The second kappa shape index (κ2) is 2.83. The SMILES string of the molecule is Cc1cc2cc(C(=O)O)ncn2c1C. The Balaban J connectivity index is 2.73. The molecule has 0 radical (unpaired) electrons. The van der Waals surface area contributed by atoms with Crippen LogP contribution in [0.1, 0.15) is 21.7 Å². The van der Waals surface area contributed by atoms with Crippen LogP contribution in [0, 0.1) is 13.8 Å². The van der Waals surface area contributed by atoms with E-state index in [1.54, 1.807) is 12.4 Å². The van der Waals surface area contributed by atoms with Crippen molar-refractivity contribution < 1.29 is 9.90 Å². The first-order chi connectivity index (χ1) is 6.59. The first-order valence-electron chi connectivity index (χ1n) is 4.27. The number of hydrogen-bond acceptors (Lipinski definition) is 2. The Bertz CT molecular complexity index is 514. The number of carbonyl (C=O) groups is 1. The highest BCUT2D eigenvalue weighted by atomic mass is 16.4. The summed E-state index contributed by atoms with van der Waals surface area (Å²) in [5, 5.41) is 8.75. The summed E-state index contributed by atoms with van der Waals surface area (Å²) in [4.78, 5) is 14.5. The quantitative estimate of drug-likeness (QED) is 0.743. The summed E-state index contributed by atoms with van der Waals surface area (Å²) in [6.07, 6.45) is 1.54. The van der Waals surface area contributed by atoms with Gasteiger partial charge in [-0.3, -0.25) is 0 Å². The lowest BCUT2D eigenvalue weighted by atomic mass is 10.3. The fraction of sp³-hybridized carbons (Fsp3) is 0.200. The maximum absolute atomic E-state index is 10.7. The Morgan fingerprint density at radius 1 is 1.43 bits per heavy atom. The highest BCUT2D eigenvalue weighted by Gasteiger charge is 2.07. The van der Waals surface area contributed by atoms with E-state index in [-0.39, 0.29) is 5.69 Å². The summed E-state index contributed by atoms with van der Waals surface area (Å²) >= 11 is 0. The van der Waals surface area contributed by atoms with E-state index >= 15 is 0 Å². The lowest BCUT2D eigenvalue weighted by molar-refractivity contribution is 0.0690. The topological polar surface area (TPSA) is 54.6 Å². The van der Waals surface area contributed by atoms with Gasteiger partial charge in [0.25, 0.3) is 0 Å². The molecule has 0 aliphatic rings. The van der Waals surface area contributed by atoms with Gasteiger partial charge in [-0.15, -0.1) is 0 Å². The minimum atomic E-state index is -0.996. The molecular formula is C10H10N2O2. The highest BCUT2D eigenvalue weighted by molar-refractivity contribution is 5.86. The number of aromatic nitrogens is 2. The zero-order chi connectivity index (χ0) is 10.3. The Morgan fingerprint density at radius 2 is 2.14 bits per heavy atom. The van der Waals surface area contributed by atoms with Gasteiger partial charge in [-0.2, -0.15) is 0 Å².